The van der Waals surface area contributed by atoms with Crippen LogP contribution in [0.2, 0.25) is 0 Å². The number of ether oxygens (including phenoxy) is 1. The second-order valence-corrected chi connectivity index (χ2v) is 10.2. The summed E-state index contributed by atoms with van der Waals surface area (Å²) in [6.45, 7) is 1.44. The van der Waals surface area contributed by atoms with Gasteiger partial charge in [0.2, 0.25) is 27.5 Å². The van der Waals surface area contributed by atoms with E-state index in [1.54, 1.807) is 24.3 Å². The lowest BCUT2D eigenvalue weighted by molar-refractivity contribution is 0.370. The fraction of sp³-hybridized carbons (Fsp3) is 0.333. The topological polar surface area (TPSA) is 99.7 Å². The summed E-state index contributed by atoms with van der Waals surface area (Å²) in [5.41, 5.74) is 1.51. The Morgan fingerprint density at radius 2 is 1.73 bits per heavy atom. The number of methoxy groups -OCH3 is 1. The van der Waals surface area contributed by atoms with E-state index in [-0.39, 0.29) is 16.5 Å². The van der Waals surface area contributed by atoms with Crippen LogP contribution in [0.1, 0.15) is 35.4 Å². The second kappa shape index (κ2) is 8.54. The second-order valence-electron chi connectivity index (χ2n) is 8.24. The van der Waals surface area contributed by atoms with Crippen LogP contribution in [0.25, 0.3) is 0 Å². The van der Waals surface area contributed by atoms with Gasteiger partial charge in [-0.3, -0.25) is 0 Å². The number of aromatic nitrogens is 1. The third-order valence-corrected chi connectivity index (χ3v) is 8.20. The molecule has 3 aromatic rings. The number of nitrogens with zero attached hydrogens (tertiary/aromatic N) is 4. The standard InChI is InChI=1S/C24H24N4O4S/c1-31-18-7-9-19(10-8-18)33(29,30)28-13-11-27(12-14-28)24-22(16-25)26-23(32-24)21-15-20(21)17-5-3-2-4-6-17/h2-10,20-21H,11-15H2,1H3/t20-,21-/m1/s1. The molecule has 1 saturated carbocycles. The zero-order chi connectivity index (χ0) is 23.0. The molecule has 33 heavy (non-hydrogen) atoms. The maximum absolute atomic E-state index is 13.0. The van der Waals surface area contributed by atoms with Crippen molar-refractivity contribution in [1.29, 1.82) is 5.26 Å². The van der Waals surface area contributed by atoms with Gasteiger partial charge in [0.1, 0.15) is 11.8 Å². The minimum absolute atomic E-state index is 0.171. The Balaban J connectivity index is 1.28. The fourth-order valence-corrected chi connectivity index (χ4v) is 5.76. The molecule has 1 aromatic heterocycles. The van der Waals surface area contributed by atoms with Crippen LogP contribution in [-0.4, -0.2) is 51.0 Å². The zero-order valence-corrected chi connectivity index (χ0v) is 19.0. The Hall–Kier alpha value is -3.35. The highest BCUT2D eigenvalue weighted by Gasteiger charge is 2.44. The minimum atomic E-state index is -3.60. The smallest absolute Gasteiger partial charge is 0.243 e. The van der Waals surface area contributed by atoms with Gasteiger partial charge in [0.25, 0.3) is 0 Å². The highest BCUT2D eigenvalue weighted by Crippen LogP contribution is 2.54. The molecule has 170 valence electrons. The molecule has 1 aliphatic carbocycles. The monoisotopic (exact) mass is 464 g/mol. The van der Waals surface area contributed by atoms with Gasteiger partial charge in [0, 0.05) is 32.1 Å². The van der Waals surface area contributed by atoms with Crippen LogP contribution in [0.3, 0.4) is 0 Å². The number of hydrogen-bond donors (Lipinski definition) is 0. The van der Waals surface area contributed by atoms with Gasteiger partial charge in [-0.05, 0) is 42.2 Å². The van der Waals surface area contributed by atoms with Gasteiger partial charge in [-0.25, -0.2) is 13.4 Å². The van der Waals surface area contributed by atoms with E-state index in [1.165, 1.54) is 17.0 Å². The molecule has 8 nitrogen and oxygen atoms in total. The molecule has 2 fully saturated rings. The summed E-state index contributed by atoms with van der Waals surface area (Å²) in [5.74, 6) is 2.16. The molecule has 2 aromatic carbocycles. The summed E-state index contributed by atoms with van der Waals surface area (Å²) in [7, 11) is -2.06. The lowest BCUT2D eigenvalue weighted by atomic mass is 10.1. The maximum atomic E-state index is 13.0. The third-order valence-electron chi connectivity index (χ3n) is 6.29. The molecule has 0 unspecified atom stereocenters. The van der Waals surface area contributed by atoms with E-state index in [0.29, 0.717) is 49.6 Å². The van der Waals surface area contributed by atoms with Gasteiger partial charge in [0.05, 0.1) is 12.0 Å². The van der Waals surface area contributed by atoms with Crippen LogP contribution in [0.4, 0.5) is 5.88 Å². The van der Waals surface area contributed by atoms with Gasteiger partial charge >= 0.3 is 0 Å². The molecule has 0 N–H and O–H groups in total. The predicted octanol–water partition coefficient (Wildman–Crippen LogP) is 3.34. The van der Waals surface area contributed by atoms with Gasteiger partial charge in [-0.1, -0.05) is 30.3 Å². The highest BCUT2D eigenvalue weighted by molar-refractivity contribution is 7.89. The molecular formula is C24H24N4O4S. The average Bonchev–Trinajstić information content (AvgIpc) is 3.55. The van der Waals surface area contributed by atoms with Crippen molar-refractivity contribution in [1.82, 2.24) is 9.29 Å². The van der Waals surface area contributed by atoms with Crippen LogP contribution >= 0.6 is 0 Å². The molecule has 2 atom stereocenters. The number of rotatable bonds is 6. The number of hydrogen-bond acceptors (Lipinski definition) is 7. The normalized spacial score (nSPS) is 20.9. The van der Waals surface area contributed by atoms with E-state index in [9.17, 15) is 13.7 Å². The first-order chi connectivity index (χ1) is 16.0. The average molecular weight is 465 g/mol. The van der Waals surface area contributed by atoms with E-state index in [4.69, 9.17) is 9.15 Å². The Morgan fingerprint density at radius 3 is 2.36 bits per heavy atom. The first-order valence-electron chi connectivity index (χ1n) is 10.9. The van der Waals surface area contributed by atoms with Crippen molar-refractivity contribution in [2.24, 2.45) is 0 Å². The Morgan fingerprint density at radius 1 is 1.03 bits per heavy atom. The lowest BCUT2D eigenvalue weighted by Gasteiger charge is -2.33. The third kappa shape index (κ3) is 4.08. The first kappa shape index (κ1) is 21.5. The molecule has 5 rings (SSSR count). The van der Waals surface area contributed by atoms with Crippen LogP contribution < -0.4 is 9.64 Å². The molecule has 1 saturated heterocycles. The number of anilines is 1. The number of piperazine rings is 1. The number of nitriles is 1. The fourth-order valence-electron chi connectivity index (χ4n) is 4.34. The molecule has 0 spiro atoms. The number of sulfonamides is 1. The number of benzene rings is 2. The van der Waals surface area contributed by atoms with E-state index < -0.39 is 10.0 Å². The van der Waals surface area contributed by atoms with Crippen molar-refractivity contribution in [3.8, 4) is 11.8 Å². The summed E-state index contributed by atoms with van der Waals surface area (Å²) in [5, 5.41) is 9.60. The summed E-state index contributed by atoms with van der Waals surface area (Å²) in [6, 6.07) is 18.7. The maximum Gasteiger partial charge on any atom is 0.243 e. The molecule has 0 amide bonds. The van der Waals surface area contributed by atoms with E-state index in [0.717, 1.165) is 6.42 Å². The van der Waals surface area contributed by atoms with E-state index in [2.05, 4.69) is 23.2 Å². The first-order valence-corrected chi connectivity index (χ1v) is 12.3. The quantitative estimate of drug-likeness (QED) is 0.552. The summed E-state index contributed by atoms with van der Waals surface area (Å²) in [4.78, 5) is 6.61. The van der Waals surface area contributed by atoms with Gasteiger partial charge < -0.3 is 14.1 Å². The van der Waals surface area contributed by atoms with Gasteiger partial charge in [0.15, 0.2) is 0 Å². The van der Waals surface area contributed by atoms with Crippen LogP contribution in [-0.2, 0) is 10.0 Å². The summed E-state index contributed by atoms with van der Waals surface area (Å²) in [6.07, 6.45) is 0.947. The summed E-state index contributed by atoms with van der Waals surface area (Å²) >= 11 is 0. The predicted molar refractivity (Wildman–Crippen MR) is 122 cm³/mol. The molecule has 9 heteroatoms. The Kier molecular flexibility index (Phi) is 5.56. The minimum Gasteiger partial charge on any atom is -0.497 e. The Bertz CT molecular complexity index is 1270. The van der Waals surface area contributed by atoms with E-state index in [1.807, 2.05) is 23.1 Å². The van der Waals surface area contributed by atoms with Crippen LogP contribution in [0.5, 0.6) is 5.75 Å². The SMILES string of the molecule is COc1ccc(S(=O)(=O)N2CCN(c3oc([C@@H]4C[C@@H]4c4ccccc4)nc3C#N)CC2)cc1. The molecule has 1 aliphatic heterocycles. The van der Waals surface area contributed by atoms with Crippen molar-refractivity contribution < 1.29 is 17.6 Å². The van der Waals surface area contributed by atoms with Crippen molar-refractivity contribution in [3.05, 3.63) is 71.7 Å². The van der Waals surface area contributed by atoms with Gasteiger partial charge in [-0.15, -0.1) is 0 Å². The Labute approximate surface area is 193 Å². The van der Waals surface area contributed by atoms with E-state index >= 15 is 0 Å². The molecule has 0 bridgehead atoms. The lowest BCUT2D eigenvalue weighted by Crippen LogP contribution is -2.48. The van der Waals surface area contributed by atoms with Crippen molar-refractivity contribution in [2.45, 2.75) is 23.2 Å². The molecule has 2 heterocycles. The largest absolute Gasteiger partial charge is 0.497 e. The summed E-state index contributed by atoms with van der Waals surface area (Å²) < 4.78 is 38.6. The van der Waals surface area contributed by atoms with Crippen molar-refractivity contribution in [2.75, 3.05) is 38.2 Å². The molecule has 2 aliphatic rings. The van der Waals surface area contributed by atoms with Gasteiger partial charge in [-0.2, -0.15) is 9.57 Å². The highest BCUT2D eigenvalue weighted by atomic mass is 32.2. The van der Waals surface area contributed by atoms with Crippen LogP contribution in [0, 0.1) is 11.3 Å². The number of oxazole rings is 1. The molecular weight excluding hydrogens is 440 g/mol. The zero-order valence-electron chi connectivity index (χ0n) is 18.2. The molecule has 0 radical (unpaired) electrons. The van der Waals surface area contributed by atoms with Crippen molar-refractivity contribution >= 4 is 15.9 Å². The van der Waals surface area contributed by atoms with Crippen LogP contribution in [0.15, 0.2) is 63.9 Å². The van der Waals surface area contributed by atoms with Crippen molar-refractivity contribution in [3.63, 3.8) is 0 Å².